The third-order valence-electron chi connectivity index (χ3n) is 3.51. The summed E-state index contributed by atoms with van der Waals surface area (Å²) in [6.45, 7) is 3.58. The quantitative estimate of drug-likeness (QED) is 0.861. The van der Waals surface area contributed by atoms with Crippen molar-refractivity contribution in [1.29, 1.82) is 0 Å². The first-order valence-corrected chi connectivity index (χ1v) is 7.37. The summed E-state index contributed by atoms with van der Waals surface area (Å²) < 4.78 is 19.0. The van der Waals surface area contributed by atoms with Gasteiger partial charge in [-0.15, -0.1) is 0 Å². The fourth-order valence-corrected chi connectivity index (χ4v) is 2.28. The molecule has 0 aliphatic heterocycles. The number of para-hydroxylation sites is 1. The van der Waals surface area contributed by atoms with Crippen LogP contribution in [0.15, 0.2) is 42.5 Å². The summed E-state index contributed by atoms with van der Waals surface area (Å²) in [5, 5.41) is 12.5. The van der Waals surface area contributed by atoms with Crippen molar-refractivity contribution < 1.29 is 19.0 Å². The molecule has 0 aliphatic rings. The highest BCUT2D eigenvalue weighted by Gasteiger charge is 2.14. The average Bonchev–Trinajstić information content (AvgIpc) is 2.52. The van der Waals surface area contributed by atoms with Crippen molar-refractivity contribution in [3.05, 3.63) is 65.0 Å². The first-order valence-electron chi connectivity index (χ1n) is 7.37. The highest BCUT2D eigenvalue weighted by molar-refractivity contribution is 5.77. The van der Waals surface area contributed by atoms with Crippen LogP contribution in [0, 0.1) is 19.7 Å². The Hall–Kier alpha value is -2.40. The summed E-state index contributed by atoms with van der Waals surface area (Å²) in [5.41, 5.74) is 2.05. The minimum atomic E-state index is -1.10. The van der Waals surface area contributed by atoms with Gasteiger partial charge >= 0.3 is 0 Å². The van der Waals surface area contributed by atoms with Gasteiger partial charge in [-0.2, -0.15) is 0 Å². The molecule has 0 spiro atoms. The summed E-state index contributed by atoms with van der Waals surface area (Å²) in [4.78, 5) is 11.8. The standard InChI is InChI=1S/C18H20FNO3/c1-12-6-5-7-13(2)18(12)23-11-17(22)20-10-16(21)14-8-3-4-9-15(14)19/h3-9,16,21H,10-11H2,1-2H3,(H,20,22). The van der Waals surface area contributed by atoms with E-state index >= 15 is 0 Å². The number of amides is 1. The second-order valence-electron chi connectivity index (χ2n) is 5.35. The molecule has 1 unspecified atom stereocenters. The molecular formula is C18H20FNO3. The van der Waals surface area contributed by atoms with Crippen molar-refractivity contribution in [3.63, 3.8) is 0 Å². The molecule has 2 N–H and O–H groups in total. The van der Waals surface area contributed by atoms with E-state index in [0.29, 0.717) is 5.75 Å². The number of benzene rings is 2. The molecule has 1 atom stereocenters. The Labute approximate surface area is 134 Å². The smallest absolute Gasteiger partial charge is 0.258 e. The van der Waals surface area contributed by atoms with Gasteiger partial charge in [0.25, 0.3) is 5.91 Å². The van der Waals surface area contributed by atoms with Crippen molar-refractivity contribution in [2.45, 2.75) is 20.0 Å². The average molecular weight is 317 g/mol. The van der Waals surface area contributed by atoms with Gasteiger partial charge in [0, 0.05) is 12.1 Å². The molecule has 0 heterocycles. The number of halogens is 1. The molecule has 4 nitrogen and oxygen atoms in total. The lowest BCUT2D eigenvalue weighted by atomic mass is 10.1. The Morgan fingerprint density at radius 1 is 1.17 bits per heavy atom. The Balaban J connectivity index is 1.85. The highest BCUT2D eigenvalue weighted by Crippen LogP contribution is 2.22. The zero-order valence-electron chi connectivity index (χ0n) is 13.2. The first kappa shape index (κ1) is 17.0. The van der Waals surface area contributed by atoms with Gasteiger partial charge in [0.2, 0.25) is 0 Å². The van der Waals surface area contributed by atoms with E-state index in [1.807, 2.05) is 32.0 Å². The molecule has 0 saturated heterocycles. The van der Waals surface area contributed by atoms with Crippen LogP contribution >= 0.6 is 0 Å². The maximum Gasteiger partial charge on any atom is 0.258 e. The highest BCUT2D eigenvalue weighted by atomic mass is 19.1. The predicted octanol–water partition coefficient (Wildman–Crippen LogP) is 2.67. The van der Waals surface area contributed by atoms with Crippen LogP contribution in [0.1, 0.15) is 22.8 Å². The fraction of sp³-hybridized carbons (Fsp3) is 0.278. The molecule has 5 heteroatoms. The van der Waals surface area contributed by atoms with Crippen LogP contribution in [0.3, 0.4) is 0 Å². The second-order valence-corrected chi connectivity index (χ2v) is 5.35. The van der Waals surface area contributed by atoms with Gasteiger partial charge in [-0.3, -0.25) is 4.79 Å². The summed E-state index contributed by atoms with van der Waals surface area (Å²) in [5.74, 6) is -0.193. The SMILES string of the molecule is Cc1cccc(C)c1OCC(=O)NCC(O)c1ccccc1F. The van der Waals surface area contributed by atoms with Crippen molar-refractivity contribution in [3.8, 4) is 5.75 Å². The lowest BCUT2D eigenvalue weighted by Gasteiger charge is -2.14. The van der Waals surface area contributed by atoms with Crippen molar-refractivity contribution in [2.24, 2.45) is 0 Å². The van der Waals surface area contributed by atoms with E-state index in [-0.39, 0.29) is 24.6 Å². The van der Waals surface area contributed by atoms with E-state index in [1.165, 1.54) is 12.1 Å². The van der Waals surface area contributed by atoms with Gasteiger partial charge in [-0.25, -0.2) is 4.39 Å². The normalized spacial score (nSPS) is 11.8. The Kier molecular flexibility index (Phi) is 5.71. The molecule has 0 fully saturated rings. The maximum absolute atomic E-state index is 13.5. The number of carbonyl (C=O) groups excluding carboxylic acids is 1. The van der Waals surface area contributed by atoms with Crippen LogP contribution in [0.2, 0.25) is 0 Å². The maximum atomic E-state index is 13.5. The monoisotopic (exact) mass is 317 g/mol. The van der Waals surface area contributed by atoms with E-state index < -0.39 is 11.9 Å². The summed E-state index contributed by atoms with van der Waals surface area (Å²) in [6, 6.07) is 11.7. The van der Waals surface area contributed by atoms with E-state index in [2.05, 4.69) is 5.32 Å². The van der Waals surface area contributed by atoms with Crippen LogP contribution in [0.25, 0.3) is 0 Å². The number of hydrogen-bond acceptors (Lipinski definition) is 3. The van der Waals surface area contributed by atoms with E-state index in [4.69, 9.17) is 4.74 Å². The summed E-state index contributed by atoms with van der Waals surface area (Å²) >= 11 is 0. The number of rotatable bonds is 6. The van der Waals surface area contributed by atoms with Crippen LogP contribution < -0.4 is 10.1 Å². The summed E-state index contributed by atoms with van der Waals surface area (Å²) in [6.07, 6.45) is -1.10. The van der Waals surface area contributed by atoms with Crippen LogP contribution in [0.5, 0.6) is 5.75 Å². The van der Waals surface area contributed by atoms with E-state index in [9.17, 15) is 14.3 Å². The Bertz CT molecular complexity index is 667. The van der Waals surface area contributed by atoms with Gasteiger partial charge in [0.15, 0.2) is 6.61 Å². The number of aliphatic hydroxyl groups is 1. The molecule has 2 rings (SSSR count). The van der Waals surface area contributed by atoms with Crippen molar-refractivity contribution in [2.75, 3.05) is 13.2 Å². The molecule has 0 bridgehead atoms. The first-order chi connectivity index (χ1) is 11.0. The largest absolute Gasteiger partial charge is 0.483 e. The molecule has 23 heavy (non-hydrogen) atoms. The predicted molar refractivity (Wildman–Crippen MR) is 85.8 cm³/mol. The minimum absolute atomic E-state index is 0.0735. The Morgan fingerprint density at radius 2 is 1.83 bits per heavy atom. The fourth-order valence-electron chi connectivity index (χ4n) is 2.28. The molecule has 2 aromatic carbocycles. The Morgan fingerprint density at radius 3 is 2.48 bits per heavy atom. The molecule has 0 aromatic heterocycles. The zero-order chi connectivity index (χ0) is 16.8. The second kappa shape index (κ2) is 7.74. The van der Waals surface area contributed by atoms with E-state index in [0.717, 1.165) is 11.1 Å². The lowest BCUT2D eigenvalue weighted by Crippen LogP contribution is -2.32. The molecule has 122 valence electrons. The van der Waals surface area contributed by atoms with Crippen LogP contribution in [0.4, 0.5) is 4.39 Å². The zero-order valence-corrected chi connectivity index (χ0v) is 13.2. The third-order valence-corrected chi connectivity index (χ3v) is 3.51. The van der Waals surface area contributed by atoms with Gasteiger partial charge in [-0.05, 0) is 31.0 Å². The topological polar surface area (TPSA) is 58.6 Å². The minimum Gasteiger partial charge on any atom is -0.483 e. The number of nitrogens with one attached hydrogen (secondary N) is 1. The third kappa shape index (κ3) is 4.53. The number of aryl methyl sites for hydroxylation is 2. The molecule has 1 amide bonds. The van der Waals surface area contributed by atoms with Crippen molar-refractivity contribution in [1.82, 2.24) is 5.32 Å². The van der Waals surface area contributed by atoms with Gasteiger partial charge in [-0.1, -0.05) is 36.4 Å². The van der Waals surface area contributed by atoms with Gasteiger partial charge in [0.1, 0.15) is 11.6 Å². The molecule has 0 radical (unpaired) electrons. The molecule has 0 saturated carbocycles. The molecule has 2 aromatic rings. The number of ether oxygens (including phenoxy) is 1. The summed E-state index contributed by atoms with van der Waals surface area (Å²) in [7, 11) is 0. The number of carbonyl (C=O) groups is 1. The molecule has 0 aliphatic carbocycles. The van der Waals surface area contributed by atoms with Gasteiger partial charge < -0.3 is 15.2 Å². The molecular weight excluding hydrogens is 297 g/mol. The lowest BCUT2D eigenvalue weighted by molar-refractivity contribution is -0.123. The van der Waals surface area contributed by atoms with Crippen LogP contribution in [-0.2, 0) is 4.79 Å². The number of aliphatic hydroxyl groups excluding tert-OH is 1. The number of hydrogen-bond donors (Lipinski definition) is 2. The van der Waals surface area contributed by atoms with Crippen LogP contribution in [-0.4, -0.2) is 24.2 Å². The van der Waals surface area contributed by atoms with E-state index in [1.54, 1.807) is 12.1 Å². The van der Waals surface area contributed by atoms with Crippen molar-refractivity contribution >= 4 is 5.91 Å². The van der Waals surface area contributed by atoms with Gasteiger partial charge in [0.05, 0.1) is 6.10 Å².